The van der Waals surface area contributed by atoms with Crippen LogP contribution in [0.25, 0.3) is 0 Å². The zero-order valence-corrected chi connectivity index (χ0v) is 17.8. The largest absolute Gasteiger partial charge is 0.497 e. The summed E-state index contributed by atoms with van der Waals surface area (Å²) in [5.74, 6) is 1.79. The summed E-state index contributed by atoms with van der Waals surface area (Å²) in [5, 5.41) is 0. The molecule has 6 heteroatoms. The molecular formula is C24H31N2O4+. The molecule has 2 saturated heterocycles. The molecule has 2 aromatic rings. The van der Waals surface area contributed by atoms with Gasteiger partial charge < -0.3 is 24.0 Å². The summed E-state index contributed by atoms with van der Waals surface area (Å²) in [5.41, 5.74) is 2.21. The van der Waals surface area contributed by atoms with Crippen molar-refractivity contribution in [3.05, 3.63) is 59.7 Å². The topological polar surface area (TPSA) is 52.4 Å². The molecule has 4 rings (SSSR count). The van der Waals surface area contributed by atoms with Crippen molar-refractivity contribution in [2.24, 2.45) is 0 Å². The van der Waals surface area contributed by atoms with Crippen molar-refractivity contribution in [1.29, 1.82) is 0 Å². The first-order valence-electron chi connectivity index (χ1n) is 10.7. The van der Waals surface area contributed by atoms with E-state index in [1.54, 1.807) is 14.2 Å². The van der Waals surface area contributed by atoms with Crippen molar-refractivity contribution in [1.82, 2.24) is 4.90 Å². The van der Waals surface area contributed by atoms with Crippen molar-refractivity contribution >= 4 is 5.91 Å². The van der Waals surface area contributed by atoms with Gasteiger partial charge in [0, 0.05) is 37.6 Å². The third-order valence-corrected chi connectivity index (χ3v) is 6.30. The van der Waals surface area contributed by atoms with Crippen LogP contribution in [0, 0.1) is 0 Å². The number of quaternary nitrogens is 1. The Bertz CT molecular complexity index is 852. The predicted octanol–water partition coefficient (Wildman–Crippen LogP) is 2.02. The van der Waals surface area contributed by atoms with Crippen LogP contribution in [-0.4, -0.2) is 57.9 Å². The first kappa shape index (κ1) is 20.7. The number of rotatable bonds is 6. The number of morpholine rings is 1. The Labute approximate surface area is 178 Å². The first-order valence-corrected chi connectivity index (χ1v) is 10.7. The fraction of sp³-hybridized carbons (Fsp3) is 0.458. The van der Waals surface area contributed by atoms with E-state index in [1.165, 1.54) is 4.90 Å². The average molecular weight is 412 g/mol. The fourth-order valence-corrected chi connectivity index (χ4v) is 4.80. The monoisotopic (exact) mass is 411 g/mol. The van der Waals surface area contributed by atoms with Gasteiger partial charge in [-0.2, -0.15) is 0 Å². The Morgan fingerprint density at radius 2 is 1.87 bits per heavy atom. The van der Waals surface area contributed by atoms with E-state index in [0.29, 0.717) is 26.3 Å². The minimum Gasteiger partial charge on any atom is -0.497 e. The summed E-state index contributed by atoms with van der Waals surface area (Å²) in [6.45, 7) is 3.49. The van der Waals surface area contributed by atoms with Crippen LogP contribution in [0.4, 0.5) is 0 Å². The van der Waals surface area contributed by atoms with Gasteiger partial charge in [-0.05, 0) is 12.1 Å². The Morgan fingerprint density at radius 3 is 2.57 bits per heavy atom. The lowest BCUT2D eigenvalue weighted by Gasteiger charge is -2.35. The molecule has 2 aromatic carbocycles. The summed E-state index contributed by atoms with van der Waals surface area (Å²) in [6.07, 6.45) is 2.10. The smallest absolute Gasteiger partial charge is 0.285 e. The number of nitrogens with one attached hydrogen (secondary N) is 1. The number of carbonyl (C=O) groups is 1. The predicted molar refractivity (Wildman–Crippen MR) is 114 cm³/mol. The fourth-order valence-electron chi connectivity index (χ4n) is 4.80. The van der Waals surface area contributed by atoms with Gasteiger partial charge in [-0.3, -0.25) is 4.79 Å². The van der Waals surface area contributed by atoms with E-state index >= 15 is 0 Å². The molecule has 2 aliphatic heterocycles. The van der Waals surface area contributed by atoms with E-state index in [9.17, 15) is 4.79 Å². The average Bonchev–Trinajstić information content (AvgIpc) is 3.29. The van der Waals surface area contributed by atoms with Crippen LogP contribution in [0.1, 0.15) is 36.1 Å². The maximum absolute atomic E-state index is 13.7. The van der Waals surface area contributed by atoms with Crippen molar-refractivity contribution in [2.45, 2.75) is 24.9 Å². The molecule has 0 bridgehead atoms. The van der Waals surface area contributed by atoms with Crippen LogP contribution >= 0.6 is 0 Å². The highest BCUT2D eigenvalue weighted by Gasteiger charge is 2.43. The summed E-state index contributed by atoms with van der Waals surface area (Å²) in [4.78, 5) is 17.0. The van der Waals surface area contributed by atoms with Gasteiger partial charge in [0.05, 0.1) is 39.5 Å². The van der Waals surface area contributed by atoms with Crippen molar-refractivity contribution in [3.63, 3.8) is 0 Å². The minimum atomic E-state index is -0.233. The Balaban J connectivity index is 1.70. The number of carbonyl (C=O) groups excluding carboxylic acids is 1. The van der Waals surface area contributed by atoms with Gasteiger partial charge in [0.1, 0.15) is 17.5 Å². The molecule has 30 heavy (non-hydrogen) atoms. The molecule has 1 N–H and O–H groups in total. The molecule has 0 aliphatic carbocycles. The molecule has 0 saturated carbocycles. The van der Waals surface area contributed by atoms with Gasteiger partial charge in [-0.25, -0.2) is 0 Å². The standard InChI is InChI=1S/C24H30N2O4/c1-28-19-10-11-20(22(17-19)29-2)21-9-6-12-26(21)23(18-7-4-3-5-8-18)24(27)25-13-15-30-16-14-25/h3-5,7-8,10-11,17,21,23H,6,9,12-16H2,1-2H3/p+1/t21-,23-/m0/s1. The first-order chi connectivity index (χ1) is 14.7. The van der Waals surface area contributed by atoms with E-state index < -0.39 is 0 Å². The maximum Gasteiger partial charge on any atom is 0.285 e. The second-order valence-corrected chi connectivity index (χ2v) is 7.91. The molecular weight excluding hydrogens is 380 g/mol. The molecule has 1 unspecified atom stereocenters. The number of hydrogen-bond donors (Lipinski definition) is 1. The maximum atomic E-state index is 13.7. The number of hydrogen-bond acceptors (Lipinski definition) is 4. The highest BCUT2D eigenvalue weighted by atomic mass is 16.5. The van der Waals surface area contributed by atoms with E-state index in [4.69, 9.17) is 14.2 Å². The third kappa shape index (κ3) is 4.16. The van der Waals surface area contributed by atoms with Crippen LogP contribution in [0.15, 0.2) is 48.5 Å². The Hall–Kier alpha value is -2.57. The van der Waals surface area contributed by atoms with Gasteiger partial charge in [0.25, 0.3) is 5.91 Å². The number of amides is 1. The Kier molecular flexibility index (Phi) is 6.55. The lowest BCUT2D eigenvalue weighted by molar-refractivity contribution is -0.940. The van der Waals surface area contributed by atoms with Crippen molar-refractivity contribution in [2.75, 3.05) is 47.1 Å². The van der Waals surface area contributed by atoms with Gasteiger partial charge >= 0.3 is 0 Å². The Morgan fingerprint density at radius 1 is 1.10 bits per heavy atom. The van der Waals surface area contributed by atoms with Crippen molar-refractivity contribution in [3.8, 4) is 11.5 Å². The molecule has 2 heterocycles. The molecule has 0 aromatic heterocycles. The minimum absolute atomic E-state index is 0.193. The normalized spacial score (nSPS) is 22.5. The summed E-state index contributed by atoms with van der Waals surface area (Å²) >= 11 is 0. The molecule has 160 valence electrons. The van der Waals surface area contributed by atoms with Gasteiger partial charge in [-0.1, -0.05) is 30.3 Å². The van der Waals surface area contributed by atoms with Gasteiger partial charge in [0.2, 0.25) is 0 Å². The number of methoxy groups -OCH3 is 2. The quantitative estimate of drug-likeness (QED) is 0.790. The van der Waals surface area contributed by atoms with Crippen LogP contribution < -0.4 is 14.4 Å². The summed E-state index contributed by atoms with van der Waals surface area (Å²) in [7, 11) is 3.36. The highest BCUT2D eigenvalue weighted by Crippen LogP contribution is 2.33. The van der Waals surface area contributed by atoms with Crippen LogP contribution in [-0.2, 0) is 9.53 Å². The SMILES string of the molecule is COc1ccc([C@@H]2CCC[NH+]2[C@H](C(=O)N2CCOCC2)c2ccccc2)c(OC)c1. The molecule has 2 fully saturated rings. The zero-order valence-electron chi connectivity index (χ0n) is 17.8. The van der Waals surface area contributed by atoms with Gasteiger partial charge in [-0.15, -0.1) is 0 Å². The lowest BCUT2D eigenvalue weighted by atomic mass is 9.98. The van der Waals surface area contributed by atoms with Crippen molar-refractivity contribution < 1.29 is 23.9 Å². The number of ether oxygens (including phenoxy) is 3. The summed E-state index contributed by atoms with van der Waals surface area (Å²) in [6, 6.07) is 16.2. The van der Waals surface area contributed by atoms with E-state index in [0.717, 1.165) is 42.0 Å². The van der Waals surface area contributed by atoms with E-state index in [2.05, 4.69) is 18.2 Å². The number of likely N-dealkylation sites (tertiary alicyclic amines) is 1. The molecule has 1 amide bonds. The second-order valence-electron chi connectivity index (χ2n) is 7.91. The van der Waals surface area contributed by atoms with Crippen LogP contribution in [0.5, 0.6) is 11.5 Å². The molecule has 2 aliphatic rings. The summed E-state index contributed by atoms with van der Waals surface area (Å²) < 4.78 is 16.6. The van der Waals surface area contributed by atoms with E-state index in [1.807, 2.05) is 35.2 Å². The van der Waals surface area contributed by atoms with Gasteiger partial charge in [0.15, 0.2) is 6.04 Å². The molecule has 6 nitrogen and oxygen atoms in total. The van der Waals surface area contributed by atoms with Crippen LogP contribution in [0.3, 0.4) is 0 Å². The third-order valence-electron chi connectivity index (χ3n) is 6.30. The number of nitrogens with zero attached hydrogens (tertiary/aromatic N) is 1. The second kappa shape index (κ2) is 9.49. The molecule has 0 spiro atoms. The zero-order chi connectivity index (χ0) is 20.9. The van der Waals surface area contributed by atoms with Crippen LogP contribution in [0.2, 0.25) is 0 Å². The molecule has 0 radical (unpaired) electrons. The lowest BCUT2D eigenvalue weighted by Crippen LogP contribution is -3.11. The highest BCUT2D eigenvalue weighted by molar-refractivity contribution is 5.82. The number of benzene rings is 2. The van der Waals surface area contributed by atoms with E-state index in [-0.39, 0.29) is 18.0 Å². The molecule has 3 atom stereocenters.